The third-order valence-corrected chi connectivity index (χ3v) is 2.17. The number of halogens is 1. The highest BCUT2D eigenvalue weighted by Crippen LogP contribution is 2.27. The Morgan fingerprint density at radius 3 is 2.07 bits per heavy atom. The van der Waals surface area contributed by atoms with Gasteiger partial charge in [-0.25, -0.2) is 9.59 Å². The summed E-state index contributed by atoms with van der Waals surface area (Å²) >= 11 is 5.79. The van der Waals surface area contributed by atoms with Crippen molar-refractivity contribution in [1.29, 1.82) is 0 Å². The predicted molar refractivity (Wildman–Crippen MR) is 56.9 cm³/mol. The van der Waals surface area contributed by atoms with Crippen LogP contribution in [0.4, 0.5) is 0 Å². The summed E-state index contributed by atoms with van der Waals surface area (Å²) in [5.41, 5.74) is 0. The molecule has 0 bridgehead atoms. The van der Waals surface area contributed by atoms with Crippen LogP contribution in [-0.4, -0.2) is 28.0 Å². The molecule has 0 spiro atoms. The van der Waals surface area contributed by atoms with Gasteiger partial charge in [0.25, 0.3) is 0 Å². The number of hydrogen-bond acceptors (Lipinski definition) is 3. The highest BCUT2D eigenvalue weighted by molar-refractivity contribution is 6.44. The average molecular weight is 237 g/mol. The van der Waals surface area contributed by atoms with Gasteiger partial charge in [0.2, 0.25) is 4.87 Å². The maximum Gasteiger partial charge on any atom is 0.339 e. The Labute approximate surface area is 94.6 Å². The van der Waals surface area contributed by atoms with E-state index >= 15 is 0 Å². The highest BCUT2D eigenvalue weighted by atomic mass is 35.5. The topological polar surface area (TPSA) is 63.6 Å². The first kappa shape index (κ1) is 14.2. The molecule has 0 saturated carbocycles. The minimum Gasteiger partial charge on any atom is -0.479 e. The number of carbonyl (C=O) groups excluding carboxylic acids is 1. The maximum atomic E-state index is 11.5. The van der Waals surface area contributed by atoms with Gasteiger partial charge in [-0.3, -0.25) is 0 Å². The number of aliphatic carboxylic acids is 1. The van der Waals surface area contributed by atoms with Crippen molar-refractivity contribution in [2.45, 2.75) is 45.1 Å². The molecule has 0 aliphatic carbocycles. The second kappa shape index (κ2) is 5.35. The minimum absolute atomic E-state index is 0.00156. The normalized spacial score (nSPS) is 15.1. The summed E-state index contributed by atoms with van der Waals surface area (Å²) in [4.78, 5) is 20.5. The molecule has 0 rings (SSSR count). The molecule has 4 nitrogen and oxygen atoms in total. The van der Waals surface area contributed by atoms with Crippen molar-refractivity contribution in [3.63, 3.8) is 0 Å². The van der Waals surface area contributed by atoms with Crippen molar-refractivity contribution in [3.8, 4) is 0 Å². The maximum absolute atomic E-state index is 11.5. The summed E-state index contributed by atoms with van der Waals surface area (Å²) in [6, 6.07) is 0. The SMILES string of the molecule is CC(C)CC(Cl)(C(=O)O)C(=O)OC(C)C. The van der Waals surface area contributed by atoms with Crippen LogP contribution in [0, 0.1) is 5.92 Å². The van der Waals surface area contributed by atoms with E-state index in [0.717, 1.165) is 0 Å². The zero-order valence-corrected chi connectivity index (χ0v) is 10.2. The minimum atomic E-state index is -1.96. The van der Waals surface area contributed by atoms with Crippen molar-refractivity contribution in [2.75, 3.05) is 0 Å². The Kier molecular flexibility index (Phi) is 5.08. The van der Waals surface area contributed by atoms with E-state index < -0.39 is 16.8 Å². The number of esters is 1. The highest BCUT2D eigenvalue weighted by Gasteiger charge is 2.46. The number of carbonyl (C=O) groups is 2. The lowest BCUT2D eigenvalue weighted by molar-refractivity contribution is -0.159. The molecule has 0 heterocycles. The van der Waals surface area contributed by atoms with Gasteiger partial charge in [-0.15, -0.1) is 0 Å². The van der Waals surface area contributed by atoms with E-state index in [9.17, 15) is 9.59 Å². The van der Waals surface area contributed by atoms with Crippen molar-refractivity contribution < 1.29 is 19.4 Å². The van der Waals surface area contributed by atoms with Crippen LogP contribution in [0.3, 0.4) is 0 Å². The second-order valence-electron chi connectivity index (χ2n) is 4.16. The molecule has 0 saturated heterocycles. The van der Waals surface area contributed by atoms with Crippen LogP contribution in [0.15, 0.2) is 0 Å². The summed E-state index contributed by atoms with van der Waals surface area (Å²) in [6.45, 7) is 6.88. The molecule has 0 fully saturated rings. The summed E-state index contributed by atoms with van der Waals surface area (Å²) in [5.74, 6) is -2.25. The Balaban J connectivity index is 4.78. The lowest BCUT2D eigenvalue weighted by Gasteiger charge is -2.23. The van der Waals surface area contributed by atoms with E-state index in [1.807, 2.05) is 0 Å². The van der Waals surface area contributed by atoms with Crippen molar-refractivity contribution in [3.05, 3.63) is 0 Å². The van der Waals surface area contributed by atoms with E-state index in [4.69, 9.17) is 21.4 Å². The average Bonchev–Trinajstić information content (AvgIpc) is 2.00. The van der Waals surface area contributed by atoms with Gasteiger partial charge < -0.3 is 9.84 Å². The molecule has 1 atom stereocenters. The van der Waals surface area contributed by atoms with Crippen LogP contribution >= 0.6 is 11.6 Å². The molecule has 0 aromatic rings. The first-order valence-electron chi connectivity index (χ1n) is 4.83. The molecule has 0 aromatic heterocycles. The number of carboxylic acids is 1. The third kappa shape index (κ3) is 4.08. The Morgan fingerprint density at radius 1 is 1.33 bits per heavy atom. The van der Waals surface area contributed by atoms with Gasteiger partial charge in [-0.2, -0.15) is 0 Å². The lowest BCUT2D eigenvalue weighted by Crippen LogP contribution is -2.44. The molecule has 5 heteroatoms. The molecule has 0 radical (unpaired) electrons. The number of alkyl halides is 1. The van der Waals surface area contributed by atoms with E-state index in [0.29, 0.717) is 0 Å². The number of ether oxygens (including phenoxy) is 1. The summed E-state index contributed by atoms with van der Waals surface area (Å²) in [6.07, 6.45) is -0.322. The molecule has 0 aromatic carbocycles. The molecule has 1 N–H and O–H groups in total. The van der Waals surface area contributed by atoms with Gasteiger partial charge in [0, 0.05) is 0 Å². The van der Waals surface area contributed by atoms with Crippen LogP contribution in [-0.2, 0) is 14.3 Å². The Hall–Kier alpha value is -0.770. The first-order valence-corrected chi connectivity index (χ1v) is 5.21. The van der Waals surface area contributed by atoms with Crippen molar-refractivity contribution in [1.82, 2.24) is 0 Å². The van der Waals surface area contributed by atoms with Gasteiger partial charge >= 0.3 is 11.9 Å². The summed E-state index contributed by atoms with van der Waals surface area (Å²) < 4.78 is 4.83. The molecular weight excluding hydrogens is 220 g/mol. The Bertz CT molecular complexity index is 250. The van der Waals surface area contributed by atoms with E-state index in [2.05, 4.69) is 0 Å². The fraction of sp³-hybridized carbons (Fsp3) is 0.800. The van der Waals surface area contributed by atoms with E-state index in [1.165, 1.54) is 0 Å². The lowest BCUT2D eigenvalue weighted by atomic mass is 9.96. The largest absolute Gasteiger partial charge is 0.479 e. The number of hydrogen-bond donors (Lipinski definition) is 1. The zero-order valence-electron chi connectivity index (χ0n) is 9.41. The first-order chi connectivity index (χ1) is 6.70. The standard InChI is InChI=1S/C10H17ClO4/c1-6(2)5-10(11,8(12)13)9(14)15-7(3)4/h6-7H,5H2,1-4H3,(H,12,13). The molecule has 0 amide bonds. The molecule has 0 aliphatic rings. The van der Waals surface area contributed by atoms with Crippen LogP contribution in [0.25, 0.3) is 0 Å². The summed E-state index contributed by atoms with van der Waals surface area (Å²) in [7, 11) is 0. The van der Waals surface area contributed by atoms with Crippen LogP contribution in [0.5, 0.6) is 0 Å². The van der Waals surface area contributed by atoms with Crippen LogP contribution in [0.2, 0.25) is 0 Å². The predicted octanol–water partition coefficient (Wildman–Crippen LogP) is 2.05. The molecule has 88 valence electrons. The van der Waals surface area contributed by atoms with Crippen LogP contribution in [0.1, 0.15) is 34.1 Å². The Morgan fingerprint density at radius 2 is 1.80 bits per heavy atom. The number of carboxylic acid groups (broad SMARTS) is 1. The van der Waals surface area contributed by atoms with Crippen molar-refractivity contribution >= 4 is 23.5 Å². The molecule has 0 aliphatic heterocycles. The molecular formula is C10H17ClO4. The van der Waals surface area contributed by atoms with Gasteiger partial charge in [0.05, 0.1) is 6.10 Å². The van der Waals surface area contributed by atoms with E-state index in [-0.39, 0.29) is 18.4 Å². The van der Waals surface area contributed by atoms with E-state index in [1.54, 1.807) is 27.7 Å². The van der Waals surface area contributed by atoms with Gasteiger partial charge in [0.1, 0.15) is 0 Å². The zero-order chi connectivity index (χ0) is 12.2. The van der Waals surface area contributed by atoms with Crippen molar-refractivity contribution in [2.24, 2.45) is 5.92 Å². The fourth-order valence-electron chi connectivity index (χ4n) is 1.13. The van der Waals surface area contributed by atoms with Gasteiger partial charge in [-0.05, 0) is 26.2 Å². The van der Waals surface area contributed by atoms with Gasteiger partial charge in [-0.1, -0.05) is 25.4 Å². The smallest absolute Gasteiger partial charge is 0.339 e. The van der Waals surface area contributed by atoms with Gasteiger partial charge in [0.15, 0.2) is 0 Å². The molecule has 1 unspecified atom stereocenters. The summed E-state index contributed by atoms with van der Waals surface area (Å²) in [5, 5.41) is 8.93. The third-order valence-electron chi connectivity index (χ3n) is 1.69. The number of rotatable bonds is 5. The fourth-order valence-corrected chi connectivity index (χ4v) is 1.48. The second-order valence-corrected chi connectivity index (χ2v) is 4.80. The molecule has 15 heavy (non-hydrogen) atoms. The quantitative estimate of drug-likeness (QED) is 0.451. The monoisotopic (exact) mass is 236 g/mol. The van der Waals surface area contributed by atoms with Crippen LogP contribution < -0.4 is 0 Å².